The Hall–Kier alpha value is -1.35. The van der Waals surface area contributed by atoms with E-state index in [0.717, 1.165) is 31.6 Å². The molecule has 16 heavy (non-hydrogen) atoms. The van der Waals surface area contributed by atoms with Gasteiger partial charge in [-0.15, -0.1) is 0 Å². The molecule has 3 nitrogen and oxygen atoms in total. The van der Waals surface area contributed by atoms with Crippen molar-refractivity contribution >= 4 is 5.97 Å². The summed E-state index contributed by atoms with van der Waals surface area (Å²) in [4.78, 5) is 11.5. The molecule has 0 aromatic heterocycles. The standard InChI is InChI=1S/C13H14O3/c14-11(15)13(10-4-2-1-3-5-10)6-12(7-13)8-16-9-12/h1-5H,6-9H2,(H,14,15). The lowest BCUT2D eigenvalue weighted by Crippen LogP contribution is -2.62. The molecule has 1 saturated heterocycles. The van der Waals surface area contributed by atoms with Crippen LogP contribution in [0.25, 0.3) is 0 Å². The first kappa shape index (κ1) is 9.85. The number of carboxylic acids is 1. The van der Waals surface area contributed by atoms with Crippen molar-refractivity contribution in [1.82, 2.24) is 0 Å². The van der Waals surface area contributed by atoms with Crippen molar-refractivity contribution in [2.75, 3.05) is 13.2 Å². The molecule has 1 saturated carbocycles. The summed E-state index contributed by atoms with van der Waals surface area (Å²) in [5, 5.41) is 9.45. The number of rotatable bonds is 2. The van der Waals surface area contributed by atoms with E-state index in [1.54, 1.807) is 0 Å². The summed E-state index contributed by atoms with van der Waals surface area (Å²) in [6, 6.07) is 9.56. The van der Waals surface area contributed by atoms with Gasteiger partial charge in [-0.1, -0.05) is 30.3 Å². The minimum absolute atomic E-state index is 0.161. The first-order chi connectivity index (χ1) is 7.67. The van der Waals surface area contributed by atoms with Crippen LogP contribution < -0.4 is 0 Å². The van der Waals surface area contributed by atoms with Gasteiger partial charge in [-0.05, 0) is 18.4 Å². The summed E-state index contributed by atoms with van der Waals surface area (Å²) in [6.07, 6.45) is 1.44. The van der Waals surface area contributed by atoms with E-state index in [9.17, 15) is 9.90 Å². The average Bonchev–Trinajstić information content (AvgIpc) is 2.15. The second-order valence-corrected chi connectivity index (χ2v) is 5.10. The fraction of sp³-hybridized carbons (Fsp3) is 0.462. The van der Waals surface area contributed by atoms with Gasteiger partial charge in [0.2, 0.25) is 0 Å². The zero-order valence-electron chi connectivity index (χ0n) is 8.98. The van der Waals surface area contributed by atoms with E-state index in [0.29, 0.717) is 0 Å². The third-order valence-electron chi connectivity index (χ3n) is 3.91. The fourth-order valence-electron chi connectivity index (χ4n) is 3.06. The van der Waals surface area contributed by atoms with E-state index >= 15 is 0 Å². The van der Waals surface area contributed by atoms with Crippen LogP contribution in [-0.2, 0) is 14.9 Å². The second kappa shape index (κ2) is 3.08. The number of carbonyl (C=O) groups is 1. The monoisotopic (exact) mass is 218 g/mol. The van der Waals surface area contributed by atoms with Crippen LogP contribution in [0.1, 0.15) is 18.4 Å². The van der Waals surface area contributed by atoms with Gasteiger partial charge < -0.3 is 9.84 Å². The van der Waals surface area contributed by atoms with Crippen molar-refractivity contribution < 1.29 is 14.6 Å². The molecule has 0 radical (unpaired) electrons. The highest BCUT2D eigenvalue weighted by molar-refractivity contribution is 5.83. The molecule has 1 aliphatic carbocycles. The highest BCUT2D eigenvalue weighted by Gasteiger charge is 2.62. The summed E-state index contributed by atoms with van der Waals surface area (Å²) >= 11 is 0. The molecular formula is C13H14O3. The molecule has 84 valence electrons. The topological polar surface area (TPSA) is 46.5 Å². The summed E-state index contributed by atoms with van der Waals surface area (Å²) in [6.45, 7) is 1.46. The SMILES string of the molecule is O=C(O)C1(c2ccccc2)CC2(COC2)C1. The predicted molar refractivity (Wildman–Crippen MR) is 58.2 cm³/mol. The van der Waals surface area contributed by atoms with E-state index in [1.165, 1.54) is 0 Å². The van der Waals surface area contributed by atoms with Crippen molar-refractivity contribution in [2.45, 2.75) is 18.3 Å². The summed E-state index contributed by atoms with van der Waals surface area (Å²) < 4.78 is 5.20. The van der Waals surface area contributed by atoms with Crippen LogP contribution in [0.3, 0.4) is 0 Å². The highest BCUT2D eigenvalue weighted by Crippen LogP contribution is 2.59. The number of carboxylic acid groups (broad SMARTS) is 1. The van der Waals surface area contributed by atoms with E-state index in [4.69, 9.17) is 4.74 Å². The van der Waals surface area contributed by atoms with Crippen LogP contribution >= 0.6 is 0 Å². The Morgan fingerprint density at radius 2 is 1.81 bits per heavy atom. The van der Waals surface area contributed by atoms with Crippen LogP contribution in [-0.4, -0.2) is 24.3 Å². The third kappa shape index (κ3) is 1.15. The molecule has 3 heteroatoms. The molecule has 2 aliphatic rings. The van der Waals surface area contributed by atoms with Crippen LogP contribution in [0.15, 0.2) is 30.3 Å². The van der Waals surface area contributed by atoms with Gasteiger partial charge in [0.25, 0.3) is 0 Å². The Kier molecular flexibility index (Phi) is 1.89. The Labute approximate surface area is 94.0 Å². The van der Waals surface area contributed by atoms with E-state index in [-0.39, 0.29) is 5.41 Å². The van der Waals surface area contributed by atoms with Crippen LogP contribution in [0.4, 0.5) is 0 Å². The molecule has 1 N–H and O–H groups in total. The molecule has 2 fully saturated rings. The van der Waals surface area contributed by atoms with Crippen molar-refractivity contribution in [1.29, 1.82) is 0 Å². The lowest BCUT2D eigenvalue weighted by atomic mass is 9.49. The lowest BCUT2D eigenvalue weighted by Gasteiger charge is -2.58. The molecule has 0 unspecified atom stereocenters. The summed E-state index contributed by atoms with van der Waals surface area (Å²) in [7, 11) is 0. The van der Waals surface area contributed by atoms with Gasteiger partial charge in [0.05, 0.1) is 18.6 Å². The molecule has 0 amide bonds. The quantitative estimate of drug-likeness (QED) is 0.823. The van der Waals surface area contributed by atoms with E-state index < -0.39 is 11.4 Å². The number of benzene rings is 1. The number of hydrogen-bond donors (Lipinski definition) is 1. The first-order valence-corrected chi connectivity index (χ1v) is 5.54. The highest BCUT2D eigenvalue weighted by atomic mass is 16.5. The van der Waals surface area contributed by atoms with Gasteiger partial charge in [0, 0.05) is 5.41 Å². The zero-order valence-corrected chi connectivity index (χ0v) is 8.98. The van der Waals surface area contributed by atoms with Gasteiger partial charge in [0.15, 0.2) is 0 Å². The minimum atomic E-state index is -0.698. The molecule has 3 rings (SSSR count). The minimum Gasteiger partial charge on any atom is -0.481 e. The molecule has 0 bridgehead atoms. The largest absolute Gasteiger partial charge is 0.481 e. The summed E-state index contributed by atoms with van der Waals surface area (Å²) in [5.41, 5.74) is 0.430. The Morgan fingerprint density at radius 1 is 1.19 bits per heavy atom. The van der Waals surface area contributed by atoms with E-state index in [2.05, 4.69) is 0 Å². The van der Waals surface area contributed by atoms with Crippen LogP contribution in [0.5, 0.6) is 0 Å². The van der Waals surface area contributed by atoms with Crippen LogP contribution in [0.2, 0.25) is 0 Å². The van der Waals surface area contributed by atoms with Crippen molar-refractivity contribution in [3.63, 3.8) is 0 Å². The molecule has 0 atom stereocenters. The maximum atomic E-state index is 11.5. The predicted octanol–water partition coefficient (Wildman–Crippen LogP) is 1.82. The van der Waals surface area contributed by atoms with Gasteiger partial charge in [-0.3, -0.25) is 4.79 Å². The molecule has 1 aromatic rings. The van der Waals surface area contributed by atoms with Crippen LogP contribution in [0, 0.1) is 5.41 Å². The maximum absolute atomic E-state index is 11.5. The first-order valence-electron chi connectivity index (χ1n) is 5.54. The van der Waals surface area contributed by atoms with Gasteiger partial charge in [-0.2, -0.15) is 0 Å². The third-order valence-corrected chi connectivity index (χ3v) is 3.91. The van der Waals surface area contributed by atoms with Gasteiger partial charge >= 0.3 is 5.97 Å². The molecule has 1 spiro atoms. The normalized spacial score (nSPS) is 24.5. The van der Waals surface area contributed by atoms with Gasteiger partial charge in [-0.25, -0.2) is 0 Å². The smallest absolute Gasteiger partial charge is 0.314 e. The number of hydrogen-bond acceptors (Lipinski definition) is 2. The van der Waals surface area contributed by atoms with Crippen molar-refractivity contribution in [3.8, 4) is 0 Å². The van der Waals surface area contributed by atoms with Crippen molar-refractivity contribution in [3.05, 3.63) is 35.9 Å². The lowest BCUT2D eigenvalue weighted by molar-refractivity contribution is -0.201. The summed E-state index contributed by atoms with van der Waals surface area (Å²) in [5.74, 6) is -0.698. The molecule has 1 aromatic carbocycles. The average molecular weight is 218 g/mol. The number of aliphatic carboxylic acids is 1. The molecule has 1 heterocycles. The van der Waals surface area contributed by atoms with E-state index in [1.807, 2.05) is 30.3 Å². The maximum Gasteiger partial charge on any atom is 0.314 e. The molecular weight excluding hydrogens is 204 g/mol. The fourth-order valence-corrected chi connectivity index (χ4v) is 3.06. The Bertz CT molecular complexity index is 412. The van der Waals surface area contributed by atoms with Gasteiger partial charge in [0.1, 0.15) is 0 Å². The Morgan fingerprint density at radius 3 is 2.25 bits per heavy atom. The number of ether oxygens (including phenoxy) is 1. The Balaban J connectivity index is 1.92. The van der Waals surface area contributed by atoms with Crippen molar-refractivity contribution in [2.24, 2.45) is 5.41 Å². The molecule has 1 aliphatic heterocycles. The zero-order chi connectivity index (χ0) is 11.2. The second-order valence-electron chi connectivity index (χ2n) is 5.10.